The number of nitrogens with one attached hydrogen (secondary N) is 2. The van der Waals surface area contributed by atoms with Crippen molar-refractivity contribution in [2.75, 3.05) is 12.3 Å². The molecule has 0 aliphatic heterocycles. The van der Waals surface area contributed by atoms with Gasteiger partial charge in [-0.15, -0.1) is 11.8 Å². The number of aliphatic carboxylic acids is 1. The summed E-state index contributed by atoms with van der Waals surface area (Å²) >= 11 is 1.65. The van der Waals surface area contributed by atoms with Gasteiger partial charge in [-0.2, -0.15) is 0 Å². The molecule has 0 bridgehead atoms. The van der Waals surface area contributed by atoms with Gasteiger partial charge in [-0.3, -0.25) is 14.9 Å². The highest BCUT2D eigenvalue weighted by Crippen LogP contribution is 2.49. The van der Waals surface area contributed by atoms with Crippen LogP contribution < -0.4 is 10.6 Å². The number of rotatable bonds is 14. The lowest BCUT2D eigenvalue weighted by Gasteiger charge is -2.41. The Labute approximate surface area is 292 Å². The van der Waals surface area contributed by atoms with E-state index >= 15 is 0 Å². The predicted octanol–water partition coefficient (Wildman–Crippen LogP) is 7.86. The SMILES string of the molecule is O=C(O)CNC(=O)C(CSC(c1ccccc1)(c1ccccc1)c1ccccc1)NC(c1ccccc1)(c1ccccc1)c1ccccc1. The number of hydrogen-bond acceptors (Lipinski definition) is 4. The van der Waals surface area contributed by atoms with E-state index in [-0.39, 0.29) is 0 Å². The molecule has 0 saturated carbocycles. The molecule has 0 saturated heterocycles. The van der Waals surface area contributed by atoms with Crippen molar-refractivity contribution in [1.29, 1.82) is 0 Å². The molecule has 1 amide bonds. The fourth-order valence-electron chi connectivity index (χ4n) is 6.52. The smallest absolute Gasteiger partial charge is 0.322 e. The number of carboxylic acids is 1. The quantitative estimate of drug-likeness (QED) is 0.104. The van der Waals surface area contributed by atoms with Crippen molar-refractivity contribution in [2.24, 2.45) is 0 Å². The molecule has 3 N–H and O–H groups in total. The summed E-state index contributed by atoms with van der Waals surface area (Å²) in [6.07, 6.45) is 0. The summed E-state index contributed by atoms with van der Waals surface area (Å²) in [6.45, 7) is -0.488. The fraction of sp³-hybridized carbons (Fsp3) is 0.116. The number of carbonyl (C=O) groups is 2. The Bertz CT molecular complexity index is 1730. The molecule has 0 aliphatic rings. The fourth-order valence-corrected chi connectivity index (χ4v) is 8.08. The van der Waals surface area contributed by atoms with Crippen LogP contribution in [-0.2, 0) is 19.9 Å². The van der Waals surface area contributed by atoms with Crippen molar-refractivity contribution in [1.82, 2.24) is 10.6 Å². The van der Waals surface area contributed by atoms with Crippen LogP contribution in [0.2, 0.25) is 0 Å². The first kappa shape index (κ1) is 33.5. The lowest BCUT2D eigenvalue weighted by molar-refractivity contribution is -0.138. The van der Waals surface area contributed by atoms with Crippen molar-refractivity contribution < 1.29 is 14.7 Å². The highest BCUT2D eigenvalue weighted by Gasteiger charge is 2.43. The highest BCUT2D eigenvalue weighted by molar-refractivity contribution is 8.00. The maximum absolute atomic E-state index is 14.3. The summed E-state index contributed by atoms with van der Waals surface area (Å²) < 4.78 is -0.689. The second kappa shape index (κ2) is 15.6. The summed E-state index contributed by atoms with van der Waals surface area (Å²) in [7, 11) is 0. The van der Waals surface area contributed by atoms with Crippen LogP contribution in [0, 0.1) is 0 Å². The van der Waals surface area contributed by atoms with E-state index in [4.69, 9.17) is 0 Å². The van der Waals surface area contributed by atoms with E-state index < -0.39 is 34.7 Å². The summed E-state index contributed by atoms with van der Waals surface area (Å²) in [5.41, 5.74) is 5.12. The van der Waals surface area contributed by atoms with Crippen LogP contribution in [0.15, 0.2) is 182 Å². The third-order valence-electron chi connectivity index (χ3n) is 8.75. The molecule has 0 spiro atoms. The van der Waals surface area contributed by atoms with Crippen LogP contribution in [0.25, 0.3) is 0 Å². The number of carboxylic acid groups (broad SMARTS) is 1. The zero-order chi connectivity index (χ0) is 33.9. The van der Waals surface area contributed by atoms with Crippen molar-refractivity contribution in [3.05, 3.63) is 215 Å². The molecule has 5 nitrogen and oxygen atoms in total. The summed E-state index contributed by atoms with van der Waals surface area (Å²) in [6, 6.07) is 60.5. The molecule has 0 radical (unpaired) electrons. The van der Waals surface area contributed by atoms with Crippen molar-refractivity contribution in [2.45, 2.75) is 16.3 Å². The van der Waals surface area contributed by atoms with Crippen molar-refractivity contribution >= 4 is 23.6 Å². The Hall–Kier alpha value is -5.43. The Morgan fingerprint density at radius 1 is 0.510 bits per heavy atom. The second-order valence-corrected chi connectivity index (χ2v) is 13.0. The minimum Gasteiger partial charge on any atom is -0.480 e. The zero-order valence-electron chi connectivity index (χ0n) is 27.0. The molecule has 6 heteroatoms. The lowest BCUT2D eigenvalue weighted by atomic mass is 9.76. The second-order valence-electron chi connectivity index (χ2n) is 11.7. The number of carbonyl (C=O) groups excluding carboxylic acids is 1. The molecule has 0 heterocycles. The molecular weight excluding hydrogens is 625 g/mol. The van der Waals surface area contributed by atoms with E-state index in [0.29, 0.717) is 5.75 Å². The molecule has 0 aromatic heterocycles. The zero-order valence-corrected chi connectivity index (χ0v) is 27.8. The van der Waals surface area contributed by atoms with Gasteiger partial charge in [0, 0.05) is 5.75 Å². The van der Waals surface area contributed by atoms with E-state index in [9.17, 15) is 14.7 Å². The summed E-state index contributed by atoms with van der Waals surface area (Å²) in [5.74, 6) is -1.20. The Morgan fingerprint density at radius 2 is 0.816 bits per heavy atom. The maximum Gasteiger partial charge on any atom is 0.322 e. The van der Waals surface area contributed by atoms with E-state index in [2.05, 4.69) is 83.4 Å². The van der Waals surface area contributed by atoms with Crippen molar-refractivity contribution in [3.63, 3.8) is 0 Å². The monoisotopic (exact) mass is 662 g/mol. The van der Waals surface area contributed by atoms with Crippen LogP contribution in [0.1, 0.15) is 33.4 Å². The van der Waals surface area contributed by atoms with Gasteiger partial charge in [-0.25, -0.2) is 0 Å². The molecule has 49 heavy (non-hydrogen) atoms. The van der Waals surface area contributed by atoms with Gasteiger partial charge in [0.15, 0.2) is 0 Å². The number of benzene rings is 6. The van der Waals surface area contributed by atoms with Gasteiger partial charge in [0.05, 0.1) is 16.3 Å². The Balaban J connectivity index is 1.53. The van der Waals surface area contributed by atoms with Gasteiger partial charge < -0.3 is 10.4 Å². The molecular formula is C43H38N2O3S. The van der Waals surface area contributed by atoms with Crippen LogP contribution in [0.5, 0.6) is 0 Å². The van der Waals surface area contributed by atoms with Gasteiger partial charge in [0.25, 0.3) is 0 Å². The van der Waals surface area contributed by atoms with E-state index in [1.807, 2.05) is 109 Å². The van der Waals surface area contributed by atoms with Crippen LogP contribution in [0.4, 0.5) is 0 Å². The van der Waals surface area contributed by atoms with E-state index in [0.717, 1.165) is 33.4 Å². The molecule has 0 fully saturated rings. The average Bonchev–Trinajstić information content (AvgIpc) is 3.17. The molecule has 244 valence electrons. The van der Waals surface area contributed by atoms with Gasteiger partial charge in [0.2, 0.25) is 5.91 Å². The standard InChI is InChI=1S/C43H38N2O3S/c46-40(47)31-44-41(48)39(45-42(33-19-7-1-8-20-33,34-21-9-2-10-22-34)35-23-11-3-12-24-35)32-49-43(36-25-13-4-14-26-36,37-27-15-5-16-28-37)38-29-17-6-18-30-38/h1-30,39,45H,31-32H2,(H,44,48)(H,46,47). The molecule has 1 atom stereocenters. The number of hydrogen-bond donors (Lipinski definition) is 3. The largest absolute Gasteiger partial charge is 0.480 e. The van der Waals surface area contributed by atoms with Gasteiger partial charge in [0.1, 0.15) is 6.54 Å². The Kier molecular flexibility index (Phi) is 10.7. The maximum atomic E-state index is 14.3. The van der Waals surface area contributed by atoms with Crippen LogP contribution >= 0.6 is 11.8 Å². The number of thioether (sulfide) groups is 1. The van der Waals surface area contributed by atoms with Gasteiger partial charge >= 0.3 is 5.97 Å². The van der Waals surface area contributed by atoms with Gasteiger partial charge in [-0.05, 0) is 33.4 Å². The minimum atomic E-state index is -1.10. The molecule has 6 rings (SSSR count). The third kappa shape index (κ3) is 7.21. The summed E-state index contributed by atoms with van der Waals surface area (Å²) in [5, 5.41) is 16.1. The first-order chi connectivity index (χ1) is 24.0. The number of amides is 1. The molecule has 0 aliphatic carbocycles. The summed E-state index contributed by atoms with van der Waals surface area (Å²) in [4.78, 5) is 26.0. The Morgan fingerprint density at radius 3 is 1.12 bits per heavy atom. The predicted molar refractivity (Wildman–Crippen MR) is 198 cm³/mol. The van der Waals surface area contributed by atoms with Crippen molar-refractivity contribution in [3.8, 4) is 0 Å². The van der Waals surface area contributed by atoms with Crippen LogP contribution in [0.3, 0.4) is 0 Å². The lowest BCUT2D eigenvalue weighted by Crippen LogP contribution is -2.57. The molecule has 6 aromatic rings. The first-order valence-electron chi connectivity index (χ1n) is 16.3. The molecule has 1 unspecified atom stereocenters. The first-order valence-corrected chi connectivity index (χ1v) is 17.3. The third-order valence-corrected chi connectivity index (χ3v) is 10.4. The van der Waals surface area contributed by atoms with Crippen LogP contribution in [-0.4, -0.2) is 35.3 Å². The van der Waals surface area contributed by atoms with Gasteiger partial charge in [-0.1, -0.05) is 182 Å². The normalized spacial score (nSPS) is 12.2. The topological polar surface area (TPSA) is 78.4 Å². The average molecular weight is 663 g/mol. The van der Waals surface area contributed by atoms with E-state index in [1.165, 1.54) is 0 Å². The van der Waals surface area contributed by atoms with E-state index in [1.54, 1.807) is 11.8 Å². The minimum absolute atomic E-state index is 0.304. The highest BCUT2D eigenvalue weighted by atomic mass is 32.2. The molecule has 6 aromatic carbocycles.